The first-order chi connectivity index (χ1) is 7.66. The lowest BCUT2D eigenvalue weighted by Gasteiger charge is -2.23. The van der Waals surface area contributed by atoms with Crippen LogP contribution in [0.4, 0.5) is 4.39 Å². The predicted molar refractivity (Wildman–Crippen MR) is 66.8 cm³/mol. The van der Waals surface area contributed by atoms with Crippen molar-refractivity contribution in [1.29, 1.82) is 0 Å². The maximum absolute atomic E-state index is 13.1. The number of rotatable bonds is 3. The van der Waals surface area contributed by atoms with E-state index in [-0.39, 0.29) is 5.82 Å². The van der Waals surface area contributed by atoms with E-state index in [2.05, 4.69) is 33.2 Å². The Morgan fingerprint density at radius 3 is 3.00 bits per heavy atom. The molecule has 88 valence electrons. The molecule has 2 rings (SSSR count). The van der Waals surface area contributed by atoms with Crippen molar-refractivity contribution in [2.45, 2.75) is 19.0 Å². The van der Waals surface area contributed by atoms with Gasteiger partial charge in [0.05, 0.1) is 4.47 Å². The van der Waals surface area contributed by atoms with Crippen molar-refractivity contribution >= 4 is 15.9 Å². The van der Waals surface area contributed by atoms with Gasteiger partial charge in [0, 0.05) is 19.1 Å². The SMILES string of the molecule is CN(Cc1ccc(F)c(Br)c1)C1CCNC1. The van der Waals surface area contributed by atoms with E-state index < -0.39 is 0 Å². The molecule has 1 unspecified atom stereocenters. The normalized spacial score (nSPS) is 20.6. The second kappa shape index (κ2) is 5.25. The standard InChI is InChI=1S/C12H16BrFN2/c1-16(10-4-5-15-7-10)8-9-2-3-12(14)11(13)6-9/h2-3,6,10,15H,4-5,7-8H2,1H3. The zero-order valence-corrected chi connectivity index (χ0v) is 10.9. The van der Waals surface area contributed by atoms with Crippen LogP contribution < -0.4 is 5.32 Å². The summed E-state index contributed by atoms with van der Waals surface area (Å²) in [7, 11) is 2.12. The molecular formula is C12H16BrFN2. The molecule has 1 aromatic rings. The van der Waals surface area contributed by atoms with E-state index in [1.165, 1.54) is 12.5 Å². The van der Waals surface area contributed by atoms with E-state index >= 15 is 0 Å². The summed E-state index contributed by atoms with van der Waals surface area (Å²) in [5.74, 6) is -0.200. The van der Waals surface area contributed by atoms with Crippen molar-refractivity contribution in [3.63, 3.8) is 0 Å². The molecular weight excluding hydrogens is 271 g/mol. The Balaban J connectivity index is 1.99. The van der Waals surface area contributed by atoms with Gasteiger partial charge in [0.15, 0.2) is 0 Å². The summed E-state index contributed by atoms with van der Waals surface area (Å²) in [6.07, 6.45) is 1.19. The van der Waals surface area contributed by atoms with Gasteiger partial charge in [0.2, 0.25) is 0 Å². The zero-order valence-electron chi connectivity index (χ0n) is 9.34. The predicted octanol–water partition coefficient (Wildman–Crippen LogP) is 2.38. The molecule has 0 saturated carbocycles. The van der Waals surface area contributed by atoms with Gasteiger partial charge >= 0.3 is 0 Å². The van der Waals surface area contributed by atoms with Gasteiger partial charge in [-0.2, -0.15) is 0 Å². The van der Waals surface area contributed by atoms with Crippen molar-refractivity contribution in [3.05, 3.63) is 34.1 Å². The van der Waals surface area contributed by atoms with Crippen LogP contribution in [0.25, 0.3) is 0 Å². The second-order valence-corrected chi connectivity index (χ2v) is 5.16. The zero-order chi connectivity index (χ0) is 11.5. The van der Waals surface area contributed by atoms with Crippen molar-refractivity contribution in [1.82, 2.24) is 10.2 Å². The molecule has 1 N–H and O–H groups in total. The minimum Gasteiger partial charge on any atom is -0.315 e. The van der Waals surface area contributed by atoms with Gasteiger partial charge in [-0.05, 0) is 53.6 Å². The number of likely N-dealkylation sites (N-methyl/N-ethyl adjacent to an activating group) is 1. The van der Waals surface area contributed by atoms with E-state index in [1.807, 2.05) is 12.1 Å². The number of nitrogens with zero attached hydrogens (tertiary/aromatic N) is 1. The van der Waals surface area contributed by atoms with Gasteiger partial charge < -0.3 is 5.32 Å². The van der Waals surface area contributed by atoms with Crippen LogP contribution >= 0.6 is 15.9 Å². The van der Waals surface area contributed by atoms with E-state index in [0.717, 1.165) is 25.2 Å². The third-order valence-corrected chi connectivity index (χ3v) is 3.68. The summed E-state index contributed by atoms with van der Waals surface area (Å²) in [4.78, 5) is 2.32. The molecule has 16 heavy (non-hydrogen) atoms. The first kappa shape index (κ1) is 12.0. The summed E-state index contributed by atoms with van der Waals surface area (Å²) in [6, 6.07) is 5.82. The van der Waals surface area contributed by atoms with Gasteiger partial charge in [-0.1, -0.05) is 6.07 Å². The van der Waals surface area contributed by atoms with Crippen LogP contribution in [0.3, 0.4) is 0 Å². The minimum atomic E-state index is -0.200. The molecule has 1 aliphatic heterocycles. The van der Waals surface area contributed by atoms with E-state index in [0.29, 0.717) is 10.5 Å². The molecule has 0 aliphatic carbocycles. The number of halogens is 2. The molecule has 2 nitrogen and oxygen atoms in total. The Morgan fingerprint density at radius 2 is 2.38 bits per heavy atom. The van der Waals surface area contributed by atoms with Gasteiger partial charge in [0.1, 0.15) is 5.82 Å². The fraction of sp³-hybridized carbons (Fsp3) is 0.500. The summed E-state index contributed by atoms with van der Waals surface area (Å²) < 4.78 is 13.6. The number of nitrogens with one attached hydrogen (secondary N) is 1. The highest BCUT2D eigenvalue weighted by molar-refractivity contribution is 9.10. The average molecular weight is 287 g/mol. The number of benzene rings is 1. The molecule has 0 radical (unpaired) electrons. The van der Waals surface area contributed by atoms with Gasteiger partial charge in [0.25, 0.3) is 0 Å². The first-order valence-corrected chi connectivity index (χ1v) is 6.31. The molecule has 1 atom stereocenters. The van der Waals surface area contributed by atoms with Crippen LogP contribution in [0.15, 0.2) is 22.7 Å². The third kappa shape index (κ3) is 2.81. The van der Waals surface area contributed by atoms with Gasteiger partial charge in [-0.15, -0.1) is 0 Å². The Labute approximate surface area is 104 Å². The van der Waals surface area contributed by atoms with Crippen LogP contribution in [-0.2, 0) is 6.54 Å². The molecule has 0 bridgehead atoms. The highest BCUT2D eigenvalue weighted by atomic mass is 79.9. The lowest BCUT2D eigenvalue weighted by molar-refractivity contribution is 0.249. The number of hydrogen-bond donors (Lipinski definition) is 1. The summed E-state index contributed by atoms with van der Waals surface area (Å²) in [5, 5.41) is 3.35. The molecule has 0 aromatic heterocycles. The minimum absolute atomic E-state index is 0.200. The van der Waals surface area contributed by atoms with Crippen LogP contribution in [0.1, 0.15) is 12.0 Å². The molecule has 1 saturated heterocycles. The van der Waals surface area contributed by atoms with Gasteiger partial charge in [-0.3, -0.25) is 4.90 Å². The van der Waals surface area contributed by atoms with Crippen molar-refractivity contribution in [3.8, 4) is 0 Å². The Hall–Kier alpha value is -0.450. The van der Waals surface area contributed by atoms with Crippen LogP contribution in [0.5, 0.6) is 0 Å². The highest BCUT2D eigenvalue weighted by Gasteiger charge is 2.19. The molecule has 1 aliphatic rings. The highest BCUT2D eigenvalue weighted by Crippen LogP contribution is 2.19. The molecule has 1 aromatic carbocycles. The van der Waals surface area contributed by atoms with E-state index in [4.69, 9.17) is 0 Å². The van der Waals surface area contributed by atoms with Crippen molar-refractivity contribution in [2.24, 2.45) is 0 Å². The summed E-state index contributed by atoms with van der Waals surface area (Å²) in [5.41, 5.74) is 1.14. The molecule has 1 fully saturated rings. The van der Waals surface area contributed by atoms with Crippen molar-refractivity contribution in [2.75, 3.05) is 20.1 Å². The third-order valence-electron chi connectivity index (χ3n) is 3.07. The molecule has 1 heterocycles. The average Bonchev–Trinajstić information content (AvgIpc) is 2.77. The molecule has 0 amide bonds. The quantitative estimate of drug-likeness (QED) is 0.918. The topological polar surface area (TPSA) is 15.3 Å². The van der Waals surface area contributed by atoms with Crippen molar-refractivity contribution < 1.29 is 4.39 Å². The summed E-state index contributed by atoms with van der Waals surface area (Å²) in [6.45, 7) is 3.02. The Bertz CT molecular complexity index is 364. The largest absolute Gasteiger partial charge is 0.315 e. The molecule has 4 heteroatoms. The van der Waals surface area contributed by atoms with Crippen LogP contribution in [-0.4, -0.2) is 31.1 Å². The molecule has 0 spiro atoms. The Kier molecular flexibility index (Phi) is 3.95. The van der Waals surface area contributed by atoms with E-state index in [1.54, 1.807) is 0 Å². The smallest absolute Gasteiger partial charge is 0.137 e. The fourth-order valence-electron chi connectivity index (χ4n) is 2.07. The van der Waals surface area contributed by atoms with Crippen LogP contribution in [0.2, 0.25) is 0 Å². The monoisotopic (exact) mass is 286 g/mol. The van der Waals surface area contributed by atoms with E-state index in [9.17, 15) is 4.39 Å². The fourth-order valence-corrected chi connectivity index (χ4v) is 2.50. The maximum Gasteiger partial charge on any atom is 0.137 e. The Morgan fingerprint density at radius 1 is 1.56 bits per heavy atom. The number of hydrogen-bond acceptors (Lipinski definition) is 2. The summed E-state index contributed by atoms with van der Waals surface area (Å²) >= 11 is 3.21. The maximum atomic E-state index is 13.1. The van der Waals surface area contributed by atoms with Crippen LogP contribution in [0, 0.1) is 5.82 Å². The van der Waals surface area contributed by atoms with Gasteiger partial charge in [-0.25, -0.2) is 4.39 Å². The lowest BCUT2D eigenvalue weighted by Crippen LogP contribution is -2.32. The lowest BCUT2D eigenvalue weighted by atomic mass is 10.1. The first-order valence-electron chi connectivity index (χ1n) is 5.51. The second-order valence-electron chi connectivity index (χ2n) is 4.31.